The first-order chi connectivity index (χ1) is 12.5. The maximum atomic E-state index is 6.75. The van der Waals surface area contributed by atoms with E-state index in [1.165, 1.54) is 32.1 Å². The Morgan fingerprint density at radius 3 is 0.926 bits per heavy atom. The van der Waals surface area contributed by atoms with Gasteiger partial charge in [-0.2, -0.15) is 0 Å². The van der Waals surface area contributed by atoms with Crippen LogP contribution in [0.1, 0.15) is 87.5 Å². The van der Waals surface area contributed by atoms with Gasteiger partial charge < -0.3 is 11.5 Å². The van der Waals surface area contributed by atoms with Crippen LogP contribution < -0.4 is 11.5 Å². The van der Waals surface area contributed by atoms with E-state index >= 15 is 0 Å². The number of rotatable bonds is 6. The summed E-state index contributed by atoms with van der Waals surface area (Å²) in [5.74, 6) is 7.34. The Labute approximate surface area is 170 Å². The zero-order chi connectivity index (χ0) is 20.5. The molecule has 4 unspecified atom stereocenters. The molecule has 160 valence electrons. The maximum absolute atomic E-state index is 6.75. The Morgan fingerprint density at radius 2 is 0.741 bits per heavy atom. The average molecular weight is 379 g/mol. The van der Waals surface area contributed by atoms with Crippen LogP contribution in [-0.2, 0) is 0 Å². The normalized spacial score (nSPS) is 41.1. The smallest absolute Gasteiger partial charge is 0.0101 e. The average Bonchev–Trinajstić information content (AvgIpc) is 2.56. The molecule has 0 radical (unpaired) electrons. The summed E-state index contributed by atoms with van der Waals surface area (Å²) >= 11 is 0. The third-order valence-corrected chi connectivity index (χ3v) is 8.49. The van der Waals surface area contributed by atoms with Crippen molar-refractivity contribution >= 4 is 0 Å². The number of hydrogen-bond donors (Lipinski definition) is 2. The Kier molecular flexibility index (Phi) is 8.26. The van der Waals surface area contributed by atoms with Gasteiger partial charge in [-0.15, -0.1) is 0 Å². The molecule has 2 saturated carbocycles. The molecule has 2 aliphatic rings. The summed E-state index contributed by atoms with van der Waals surface area (Å²) in [6, 6.07) is 0.792. The van der Waals surface area contributed by atoms with Gasteiger partial charge in [-0.25, -0.2) is 0 Å². The van der Waals surface area contributed by atoms with E-state index in [1.807, 2.05) is 0 Å². The van der Waals surface area contributed by atoms with Crippen molar-refractivity contribution in [2.45, 2.75) is 99.6 Å². The van der Waals surface area contributed by atoms with E-state index in [9.17, 15) is 0 Å². The SMILES string of the molecule is CC(C)C1CC(CC2CC(C(C)C)C(N)C(C(C)C)C2)CC(C(C)C)C1N. The Hall–Kier alpha value is -0.0800. The molecule has 2 rings (SSSR count). The van der Waals surface area contributed by atoms with Crippen LogP contribution in [0.15, 0.2) is 0 Å². The van der Waals surface area contributed by atoms with Gasteiger partial charge in [-0.1, -0.05) is 55.4 Å². The number of nitrogens with two attached hydrogens (primary N) is 2. The monoisotopic (exact) mass is 378 g/mol. The van der Waals surface area contributed by atoms with Crippen LogP contribution in [0.5, 0.6) is 0 Å². The highest BCUT2D eigenvalue weighted by Crippen LogP contribution is 2.46. The van der Waals surface area contributed by atoms with Gasteiger partial charge in [0.25, 0.3) is 0 Å². The molecule has 0 heterocycles. The lowest BCUT2D eigenvalue weighted by Crippen LogP contribution is -2.49. The van der Waals surface area contributed by atoms with E-state index < -0.39 is 0 Å². The molecule has 2 nitrogen and oxygen atoms in total. The third-order valence-electron chi connectivity index (χ3n) is 8.49. The van der Waals surface area contributed by atoms with Crippen LogP contribution in [0.25, 0.3) is 0 Å². The van der Waals surface area contributed by atoms with E-state index in [-0.39, 0.29) is 0 Å². The first-order valence-electron chi connectivity index (χ1n) is 12.0. The molecule has 2 heteroatoms. The van der Waals surface area contributed by atoms with Crippen LogP contribution in [0.3, 0.4) is 0 Å². The van der Waals surface area contributed by atoms with Crippen molar-refractivity contribution < 1.29 is 0 Å². The second-order valence-corrected chi connectivity index (χ2v) is 11.7. The highest BCUT2D eigenvalue weighted by atomic mass is 14.7. The van der Waals surface area contributed by atoms with Crippen LogP contribution in [-0.4, -0.2) is 12.1 Å². The molecule has 0 aromatic heterocycles. The Bertz CT molecular complexity index is 366. The van der Waals surface area contributed by atoms with Gasteiger partial charge in [0.2, 0.25) is 0 Å². The van der Waals surface area contributed by atoms with Crippen molar-refractivity contribution in [1.82, 2.24) is 0 Å². The van der Waals surface area contributed by atoms with Gasteiger partial charge in [-0.05, 0) is 91.3 Å². The van der Waals surface area contributed by atoms with Crippen LogP contribution in [0.2, 0.25) is 0 Å². The molecule has 0 aromatic rings. The van der Waals surface area contributed by atoms with Gasteiger partial charge in [0.05, 0.1) is 0 Å². The molecule has 0 saturated heterocycles. The first-order valence-corrected chi connectivity index (χ1v) is 12.0. The molecule has 0 spiro atoms. The maximum Gasteiger partial charge on any atom is 0.0101 e. The minimum absolute atomic E-state index is 0.396. The first kappa shape index (κ1) is 23.2. The van der Waals surface area contributed by atoms with E-state index in [2.05, 4.69) is 55.4 Å². The molecule has 27 heavy (non-hydrogen) atoms. The van der Waals surface area contributed by atoms with Crippen LogP contribution >= 0.6 is 0 Å². The van der Waals surface area contributed by atoms with Gasteiger partial charge in [0.15, 0.2) is 0 Å². The molecule has 2 aliphatic carbocycles. The summed E-state index contributed by atoms with van der Waals surface area (Å²) < 4.78 is 0. The molecule has 0 aliphatic heterocycles. The Morgan fingerprint density at radius 1 is 0.519 bits per heavy atom. The van der Waals surface area contributed by atoms with Crippen molar-refractivity contribution in [3.05, 3.63) is 0 Å². The van der Waals surface area contributed by atoms with Crippen molar-refractivity contribution in [2.75, 3.05) is 0 Å². The Balaban J connectivity index is 2.11. The summed E-state index contributed by atoms with van der Waals surface area (Å²) in [7, 11) is 0. The number of hydrogen-bond acceptors (Lipinski definition) is 2. The lowest BCUT2D eigenvalue weighted by atomic mass is 9.60. The zero-order valence-corrected chi connectivity index (χ0v) is 19.6. The lowest BCUT2D eigenvalue weighted by molar-refractivity contribution is 0.0510. The molecule has 0 aromatic carbocycles. The minimum atomic E-state index is 0.396. The van der Waals surface area contributed by atoms with Gasteiger partial charge in [0, 0.05) is 12.1 Å². The molecule has 0 amide bonds. The van der Waals surface area contributed by atoms with Crippen LogP contribution in [0, 0.1) is 59.2 Å². The van der Waals surface area contributed by atoms with E-state index in [4.69, 9.17) is 11.5 Å². The molecule has 4 atom stereocenters. The summed E-state index contributed by atoms with van der Waals surface area (Å²) in [6.45, 7) is 19.1. The largest absolute Gasteiger partial charge is 0.327 e. The highest BCUT2D eigenvalue weighted by molar-refractivity contribution is 4.95. The van der Waals surface area contributed by atoms with Crippen molar-refractivity contribution in [3.63, 3.8) is 0 Å². The molecular weight excluding hydrogens is 328 g/mol. The van der Waals surface area contributed by atoms with Crippen molar-refractivity contribution in [3.8, 4) is 0 Å². The van der Waals surface area contributed by atoms with Gasteiger partial charge in [0.1, 0.15) is 0 Å². The second kappa shape index (κ2) is 9.61. The fraction of sp³-hybridized carbons (Fsp3) is 1.00. The molecule has 2 fully saturated rings. The summed E-state index contributed by atoms with van der Waals surface area (Å²) in [6.07, 6.45) is 6.82. The van der Waals surface area contributed by atoms with E-state index in [0.717, 1.165) is 11.8 Å². The van der Waals surface area contributed by atoms with Crippen LogP contribution in [0.4, 0.5) is 0 Å². The standard InChI is InChI=1S/C25H50N2/c1-14(2)20-10-18(11-21(15(3)4)24(20)26)9-19-12-22(16(5)6)25(27)23(13-19)17(7)8/h14-25H,9-13,26-27H2,1-8H3. The minimum Gasteiger partial charge on any atom is -0.327 e. The summed E-state index contributed by atoms with van der Waals surface area (Å²) in [5, 5.41) is 0. The lowest BCUT2D eigenvalue weighted by Gasteiger charge is -2.47. The summed E-state index contributed by atoms with van der Waals surface area (Å²) in [5.41, 5.74) is 13.5. The van der Waals surface area contributed by atoms with Gasteiger partial charge in [-0.3, -0.25) is 0 Å². The predicted octanol–water partition coefficient (Wildman–Crippen LogP) is 5.94. The fourth-order valence-corrected chi connectivity index (χ4v) is 6.72. The fourth-order valence-electron chi connectivity index (χ4n) is 6.72. The van der Waals surface area contributed by atoms with Gasteiger partial charge >= 0.3 is 0 Å². The third kappa shape index (κ3) is 5.50. The van der Waals surface area contributed by atoms with Crippen molar-refractivity contribution in [2.24, 2.45) is 70.6 Å². The zero-order valence-electron chi connectivity index (χ0n) is 19.6. The quantitative estimate of drug-likeness (QED) is 0.601. The second-order valence-electron chi connectivity index (χ2n) is 11.7. The molecule has 4 N–H and O–H groups in total. The topological polar surface area (TPSA) is 52.0 Å². The van der Waals surface area contributed by atoms with Crippen molar-refractivity contribution in [1.29, 1.82) is 0 Å². The van der Waals surface area contributed by atoms with E-state index in [1.54, 1.807) is 0 Å². The molecular formula is C25H50N2. The highest BCUT2D eigenvalue weighted by Gasteiger charge is 2.42. The molecule has 0 bridgehead atoms. The summed E-state index contributed by atoms with van der Waals surface area (Å²) in [4.78, 5) is 0. The van der Waals surface area contributed by atoms with E-state index in [0.29, 0.717) is 59.4 Å². The predicted molar refractivity (Wildman–Crippen MR) is 119 cm³/mol.